The summed E-state index contributed by atoms with van der Waals surface area (Å²) < 4.78 is 31.7. The number of halogens is 2. The summed E-state index contributed by atoms with van der Waals surface area (Å²) in [6.45, 7) is 2.80. The van der Waals surface area contributed by atoms with E-state index in [0.29, 0.717) is 17.0 Å². The Bertz CT molecular complexity index is 1310. The van der Waals surface area contributed by atoms with Crippen LogP contribution in [0.1, 0.15) is 25.6 Å². The zero-order valence-electron chi connectivity index (χ0n) is 19.5. The molecule has 1 fully saturated rings. The Kier molecular flexibility index (Phi) is 7.80. The molecule has 36 heavy (non-hydrogen) atoms. The number of Topliss-reactive ketones (excluding diaryl/α,β-unsaturated/α-hetero) is 1. The van der Waals surface area contributed by atoms with Gasteiger partial charge in [0.15, 0.2) is 5.82 Å². The van der Waals surface area contributed by atoms with Gasteiger partial charge in [-0.25, -0.2) is 9.08 Å². The van der Waals surface area contributed by atoms with Crippen molar-refractivity contribution in [2.24, 2.45) is 5.92 Å². The summed E-state index contributed by atoms with van der Waals surface area (Å²) in [5.41, 5.74) is 12.8. The molecule has 194 valence electrons. The summed E-state index contributed by atoms with van der Waals surface area (Å²) in [5, 5.41) is 15.3. The second-order valence-corrected chi connectivity index (χ2v) is 14.3. The first kappa shape index (κ1) is 27.0. The first-order chi connectivity index (χ1) is 16.9. The van der Waals surface area contributed by atoms with Crippen LogP contribution in [0.2, 0.25) is 0 Å². The number of hydrogen-bond acceptors (Lipinski definition) is 10. The maximum Gasteiger partial charge on any atom is 0.379 e. The van der Waals surface area contributed by atoms with E-state index in [9.17, 15) is 14.5 Å². The highest BCUT2D eigenvalue weighted by Gasteiger charge is 2.55. The van der Waals surface area contributed by atoms with Gasteiger partial charge in [-0.15, -0.1) is 5.10 Å². The van der Waals surface area contributed by atoms with Crippen molar-refractivity contribution in [1.29, 1.82) is 0 Å². The summed E-state index contributed by atoms with van der Waals surface area (Å²) >= 11 is 7.03. The van der Waals surface area contributed by atoms with Gasteiger partial charge in [-0.05, 0) is 31.2 Å². The van der Waals surface area contributed by atoms with E-state index in [1.54, 1.807) is 49.4 Å². The number of ketones is 1. The molecule has 3 heterocycles. The van der Waals surface area contributed by atoms with Crippen LogP contribution in [0.5, 0.6) is 5.75 Å². The number of aliphatic hydroxyl groups is 1. The molecule has 1 aliphatic rings. The second-order valence-electron chi connectivity index (χ2n) is 8.59. The number of carbonyl (C=O) groups is 1. The molecular formula is C22H26Br2N5O6P. The van der Waals surface area contributed by atoms with Crippen molar-refractivity contribution in [3.63, 3.8) is 0 Å². The van der Waals surface area contributed by atoms with Gasteiger partial charge < -0.3 is 25.8 Å². The molecule has 5 atom stereocenters. The quantitative estimate of drug-likeness (QED) is 0.231. The average molecular weight is 647 g/mol. The molecule has 1 saturated heterocycles. The van der Waals surface area contributed by atoms with E-state index in [1.165, 1.54) is 11.4 Å². The van der Waals surface area contributed by atoms with E-state index in [0.717, 1.165) is 0 Å². The monoisotopic (exact) mass is 645 g/mol. The van der Waals surface area contributed by atoms with Crippen LogP contribution in [0, 0.1) is 5.92 Å². The van der Waals surface area contributed by atoms with Gasteiger partial charge in [0.05, 0.1) is 18.5 Å². The van der Waals surface area contributed by atoms with Crippen LogP contribution in [0.3, 0.4) is 0 Å². The lowest BCUT2D eigenvalue weighted by molar-refractivity contribution is -0.119. The molecular weight excluding hydrogens is 621 g/mol. The zero-order valence-corrected chi connectivity index (χ0v) is 23.5. The Morgan fingerprint density at radius 1 is 1.28 bits per heavy atom. The number of nitrogens with zero attached hydrogens (tertiary/aromatic N) is 3. The average Bonchev–Trinajstić information content (AvgIpc) is 3.31. The fourth-order valence-corrected chi connectivity index (χ4v) is 7.06. The van der Waals surface area contributed by atoms with E-state index in [1.807, 2.05) is 0 Å². The van der Waals surface area contributed by atoms with E-state index in [2.05, 4.69) is 41.9 Å². The van der Waals surface area contributed by atoms with Gasteiger partial charge >= 0.3 is 7.60 Å². The van der Waals surface area contributed by atoms with Crippen LogP contribution < -0.4 is 16.0 Å². The molecule has 0 amide bonds. The number of benzene rings is 1. The number of alkyl halides is 2. The van der Waals surface area contributed by atoms with Crippen LogP contribution in [0.25, 0.3) is 5.52 Å². The number of aromatic nitrogens is 3. The Labute approximate surface area is 224 Å². The highest BCUT2D eigenvalue weighted by Crippen LogP contribution is 2.54. The number of nitrogens with two attached hydrogens (primary N) is 2. The number of nitrogen functional groups attached to an aromatic ring is 2. The molecule has 14 heteroatoms. The standard InChI is InChI=1S/C22H26Br2N5O6P/c1-12(13(2)30)11-36(32,35-14-6-4-3-5-7-14)33-10-17-18(31)22(23,24)19(34-17)15-8-9-16-20(25)27-21(26)28-29(15)16/h3-9,12,17-19,31H,10-11H2,1-2H3,(H4,25,26,27,28)/t12-,17-,18+,19+,36?/m1/s1. The predicted molar refractivity (Wildman–Crippen MR) is 141 cm³/mol. The molecule has 5 N–H and O–H groups in total. The van der Waals surface area contributed by atoms with Crippen molar-refractivity contribution in [2.45, 2.75) is 35.4 Å². The molecule has 0 spiro atoms. The SMILES string of the molecule is CC(=O)[C@H](C)CP(=O)(OC[C@H]1O[C@@H](c2ccc3c(N)nc(N)nn23)C(Br)(Br)[C@H]1O)Oc1ccccc1. The lowest BCUT2D eigenvalue weighted by Crippen LogP contribution is -2.36. The number of anilines is 2. The third-order valence-corrected chi connectivity index (χ3v) is 9.67. The van der Waals surface area contributed by atoms with Crippen LogP contribution in [0.15, 0.2) is 42.5 Å². The van der Waals surface area contributed by atoms with E-state index >= 15 is 0 Å². The molecule has 4 rings (SSSR count). The maximum atomic E-state index is 13.7. The third-order valence-electron chi connectivity index (χ3n) is 5.87. The van der Waals surface area contributed by atoms with E-state index in [4.69, 9.17) is 25.3 Å². The highest BCUT2D eigenvalue weighted by atomic mass is 79.9. The maximum absolute atomic E-state index is 13.7. The Morgan fingerprint density at radius 3 is 2.64 bits per heavy atom. The zero-order chi connectivity index (χ0) is 26.3. The van der Waals surface area contributed by atoms with E-state index < -0.39 is 35.1 Å². The first-order valence-electron chi connectivity index (χ1n) is 11.0. The number of hydrogen-bond donors (Lipinski definition) is 3. The van der Waals surface area contributed by atoms with Crippen molar-refractivity contribution >= 4 is 62.5 Å². The number of ether oxygens (including phenoxy) is 1. The molecule has 1 aromatic carbocycles. The van der Waals surface area contributed by atoms with E-state index in [-0.39, 0.29) is 30.3 Å². The van der Waals surface area contributed by atoms with Crippen molar-refractivity contribution < 1.29 is 28.3 Å². The van der Waals surface area contributed by atoms with Gasteiger partial charge in [0, 0.05) is 5.92 Å². The minimum absolute atomic E-state index is 0.0239. The van der Waals surface area contributed by atoms with Gasteiger partial charge in [-0.2, -0.15) is 4.98 Å². The first-order valence-corrected chi connectivity index (χ1v) is 14.3. The Morgan fingerprint density at radius 2 is 1.97 bits per heavy atom. The third kappa shape index (κ3) is 5.46. The molecule has 3 aromatic rings. The predicted octanol–water partition coefficient (Wildman–Crippen LogP) is 3.69. The fourth-order valence-electron chi connectivity index (χ4n) is 3.80. The number of aliphatic hydroxyl groups excluding tert-OH is 1. The van der Waals surface area contributed by atoms with Crippen molar-refractivity contribution in [3.05, 3.63) is 48.2 Å². The topological polar surface area (TPSA) is 164 Å². The molecule has 0 aliphatic carbocycles. The van der Waals surface area contributed by atoms with Crippen LogP contribution in [-0.4, -0.2) is 53.7 Å². The molecule has 11 nitrogen and oxygen atoms in total. The van der Waals surface area contributed by atoms with Crippen molar-refractivity contribution in [1.82, 2.24) is 14.6 Å². The van der Waals surface area contributed by atoms with Crippen molar-refractivity contribution in [3.8, 4) is 5.75 Å². The van der Waals surface area contributed by atoms with Gasteiger partial charge in [0.25, 0.3) is 0 Å². The molecule has 1 aliphatic heterocycles. The van der Waals surface area contributed by atoms with Crippen LogP contribution in [-0.2, 0) is 18.6 Å². The van der Waals surface area contributed by atoms with Gasteiger partial charge in [0.1, 0.15) is 38.6 Å². The smallest absolute Gasteiger partial charge is 0.379 e. The lowest BCUT2D eigenvalue weighted by Gasteiger charge is -2.25. The van der Waals surface area contributed by atoms with Crippen molar-refractivity contribution in [2.75, 3.05) is 24.2 Å². The summed E-state index contributed by atoms with van der Waals surface area (Å²) in [4.78, 5) is 15.8. The minimum Gasteiger partial charge on any atom is -0.424 e. The molecule has 0 bridgehead atoms. The summed E-state index contributed by atoms with van der Waals surface area (Å²) in [5.74, 6) is -0.193. The summed E-state index contributed by atoms with van der Waals surface area (Å²) in [7, 11) is -3.81. The van der Waals surface area contributed by atoms with Gasteiger partial charge in [-0.3, -0.25) is 9.32 Å². The van der Waals surface area contributed by atoms with Gasteiger partial charge in [-0.1, -0.05) is 57.0 Å². The number of para-hydroxylation sites is 1. The largest absolute Gasteiger partial charge is 0.424 e. The molecule has 0 radical (unpaired) electrons. The lowest BCUT2D eigenvalue weighted by atomic mass is 10.1. The van der Waals surface area contributed by atoms with Gasteiger partial charge in [0.2, 0.25) is 5.95 Å². The van der Waals surface area contributed by atoms with Crippen LogP contribution in [0.4, 0.5) is 11.8 Å². The molecule has 0 saturated carbocycles. The number of carbonyl (C=O) groups excluding carboxylic acids is 1. The number of rotatable bonds is 9. The fraction of sp³-hybridized carbons (Fsp3) is 0.409. The molecule has 2 aromatic heterocycles. The summed E-state index contributed by atoms with van der Waals surface area (Å²) in [6.07, 6.45) is -2.96. The Hall–Kier alpha value is -2.02. The number of fused-ring (bicyclic) bond motifs is 1. The van der Waals surface area contributed by atoms with Crippen LogP contribution >= 0.6 is 39.5 Å². The molecule has 1 unspecified atom stereocenters. The highest BCUT2D eigenvalue weighted by molar-refractivity contribution is 9.25. The second kappa shape index (κ2) is 10.4. The normalized spacial score (nSPS) is 23.9. The minimum atomic E-state index is -3.81. The Balaban J connectivity index is 1.57. The summed E-state index contributed by atoms with van der Waals surface area (Å²) in [6, 6.07) is 12.0.